The molecule has 6 heteroatoms. The van der Waals surface area contributed by atoms with E-state index in [1.165, 1.54) is 0 Å². The van der Waals surface area contributed by atoms with E-state index >= 15 is 0 Å². The molecule has 6 nitrogen and oxygen atoms in total. The fourth-order valence-corrected chi connectivity index (χ4v) is 2.74. The Morgan fingerprint density at radius 1 is 1.35 bits per heavy atom. The normalized spacial score (nSPS) is 16.2. The molecule has 1 aromatic carbocycles. The summed E-state index contributed by atoms with van der Waals surface area (Å²) >= 11 is 0. The second-order valence-electron chi connectivity index (χ2n) is 5.76. The lowest BCUT2D eigenvalue weighted by atomic mass is 10.1. The van der Waals surface area contributed by atoms with E-state index in [0.29, 0.717) is 18.8 Å². The van der Waals surface area contributed by atoms with Crippen molar-refractivity contribution in [1.29, 1.82) is 0 Å². The topological polar surface area (TPSA) is 70.2 Å². The number of anilines is 1. The molecule has 2 N–H and O–H groups in total. The van der Waals surface area contributed by atoms with Gasteiger partial charge in [-0.05, 0) is 26.0 Å². The fraction of sp³-hybridized carbons (Fsp3) is 0.412. The highest BCUT2D eigenvalue weighted by atomic mass is 16.5. The molecule has 0 bridgehead atoms. The van der Waals surface area contributed by atoms with E-state index in [2.05, 4.69) is 20.2 Å². The van der Waals surface area contributed by atoms with Crippen molar-refractivity contribution in [1.82, 2.24) is 15.3 Å². The molecule has 122 valence electrons. The van der Waals surface area contributed by atoms with Crippen molar-refractivity contribution in [3.8, 4) is 0 Å². The Kier molecular flexibility index (Phi) is 4.62. The fourth-order valence-electron chi connectivity index (χ4n) is 2.74. The first-order valence-corrected chi connectivity index (χ1v) is 7.89. The number of carbonyl (C=O) groups is 1. The van der Waals surface area contributed by atoms with Gasteiger partial charge in [-0.2, -0.15) is 0 Å². The smallest absolute Gasteiger partial charge is 0.253 e. The summed E-state index contributed by atoms with van der Waals surface area (Å²) in [5.41, 5.74) is 2.62. The molecule has 1 aromatic heterocycles. The van der Waals surface area contributed by atoms with Gasteiger partial charge < -0.3 is 19.9 Å². The van der Waals surface area contributed by atoms with Gasteiger partial charge in [0.1, 0.15) is 5.82 Å². The number of morpholine rings is 1. The van der Waals surface area contributed by atoms with Crippen molar-refractivity contribution in [3.05, 3.63) is 47.5 Å². The molecule has 3 rings (SSSR count). The highest BCUT2D eigenvalue weighted by Gasteiger charge is 2.20. The van der Waals surface area contributed by atoms with Gasteiger partial charge in [0.25, 0.3) is 5.91 Å². The van der Waals surface area contributed by atoms with Gasteiger partial charge in [-0.1, -0.05) is 12.1 Å². The molecule has 1 atom stereocenters. The van der Waals surface area contributed by atoms with Crippen LogP contribution in [0.5, 0.6) is 0 Å². The van der Waals surface area contributed by atoms with Crippen molar-refractivity contribution in [2.75, 3.05) is 31.2 Å². The van der Waals surface area contributed by atoms with Crippen molar-refractivity contribution < 1.29 is 9.53 Å². The van der Waals surface area contributed by atoms with E-state index in [1.54, 1.807) is 6.20 Å². The third-order valence-corrected chi connectivity index (χ3v) is 3.98. The zero-order valence-corrected chi connectivity index (χ0v) is 13.5. The monoisotopic (exact) mass is 314 g/mol. The van der Waals surface area contributed by atoms with Gasteiger partial charge in [0.15, 0.2) is 0 Å². The number of aromatic amines is 1. The van der Waals surface area contributed by atoms with Crippen LogP contribution in [0, 0.1) is 6.92 Å². The Morgan fingerprint density at radius 3 is 2.78 bits per heavy atom. The van der Waals surface area contributed by atoms with Crippen molar-refractivity contribution in [2.24, 2.45) is 0 Å². The first-order valence-electron chi connectivity index (χ1n) is 7.89. The van der Waals surface area contributed by atoms with Crippen LogP contribution in [0.15, 0.2) is 30.5 Å². The molecule has 23 heavy (non-hydrogen) atoms. The average molecular weight is 314 g/mol. The number of rotatable bonds is 4. The van der Waals surface area contributed by atoms with Gasteiger partial charge in [-0.25, -0.2) is 4.98 Å². The molecule has 1 aliphatic rings. The van der Waals surface area contributed by atoms with Crippen LogP contribution in [-0.2, 0) is 4.74 Å². The quantitative estimate of drug-likeness (QED) is 0.906. The van der Waals surface area contributed by atoms with E-state index in [4.69, 9.17) is 4.74 Å². The van der Waals surface area contributed by atoms with E-state index in [9.17, 15) is 4.79 Å². The molecule has 2 aromatic rings. The summed E-state index contributed by atoms with van der Waals surface area (Å²) in [6.45, 7) is 6.86. The molecule has 0 spiro atoms. The highest BCUT2D eigenvalue weighted by Crippen LogP contribution is 2.22. The van der Waals surface area contributed by atoms with Crippen LogP contribution >= 0.6 is 0 Å². The Balaban J connectivity index is 1.76. The SMILES string of the molecule is Cc1cnc(C(C)NC(=O)c2ccccc2N2CCOCC2)[nH]1. The largest absolute Gasteiger partial charge is 0.378 e. The minimum Gasteiger partial charge on any atom is -0.378 e. The Labute approximate surface area is 135 Å². The van der Waals surface area contributed by atoms with Crippen molar-refractivity contribution in [3.63, 3.8) is 0 Å². The number of nitrogens with zero attached hydrogens (tertiary/aromatic N) is 2. The van der Waals surface area contributed by atoms with Gasteiger partial charge in [0, 0.05) is 30.7 Å². The number of aryl methyl sites for hydroxylation is 1. The maximum atomic E-state index is 12.7. The van der Waals surface area contributed by atoms with Gasteiger partial charge >= 0.3 is 0 Å². The van der Waals surface area contributed by atoms with Crippen LogP contribution in [0.4, 0.5) is 5.69 Å². The lowest BCUT2D eigenvalue weighted by Gasteiger charge is -2.30. The standard InChI is InChI=1S/C17H22N4O2/c1-12-11-18-16(19-12)13(2)20-17(22)14-5-3-4-6-15(14)21-7-9-23-10-8-21/h3-6,11,13H,7-10H2,1-2H3,(H,18,19)(H,20,22). The van der Waals surface area contributed by atoms with Gasteiger partial charge in [-0.15, -0.1) is 0 Å². The predicted octanol–water partition coefficient (Wildman–Crippen LogP) is 2.05. The van der Waals surface area contributed by atoms with Crippen LogP contribution in [0.2, 0.25) is 0 Å². The maximum Gasteiger partial charge on any atom is 0.253 e. The molecule has 1 amide bonds. The summed E-state index contributed by atoms with van der Waals surface area (Å²) in [4.78, 5) is 22.3. The van der Waals surface area contributed by atoms with E-state index in [-0.39, 0.29) is 11.9 Å². The summed E-state index contributed by atoms with van der Waals surface area (Å²) in [6, 6.07) is 7.53. The average Bonchev–Trinajstić information content (AvgIpc) is 3.02. The summed E-state index contributed by atoms with van der Waals surface area (Å²) in [7, 11) is 0. The van der Waals surface area contributed by atoms with E-state index in [0.717, 1.165) is 30.3 Å². The first kappa shape index (κ1) is 15.6. The van der Waals surface area contributed by atoms with Crippen molar-refractivity contribution >= 4 is 11.6 Å². The summed E-state index contributed by atoms with van der Waals surface area (Å²) in [6.07, 6.45) is 1.76. The minimum absolute atomic E-state index is 0.0892. The van der Waals surface area contributed by atoms with Crippen LogP contribution in [0.1, 0.15) is 34.8 Å². The molecule has 0 radical (unpaired) electrons. The number of carbonyl (C=O) groups excluding carboxylic acids is 1. The minimum atomic E-state index is -0.172. The highest BCUT2D eigenvalue weighted by molar-refractivity contribution is 6.00. The van der Waals surface area contributed by atoms with Crippen molar-refractivity contribution in [2.45, 2.75) is 19.9 Å². The first-order chi connectivity index (χ1) is 11.1. The molecule has 2 heterocycles. The van der Waals surface area contributed by atoms with Gasteiger partial charge in [0.05, 0.1) is 24.8 Å². The summed E-state index contributed by atoms with van der Waals surface area (Å²) in [5.74, 6) is 0.674. The zero-order chi connectivity index (χ0) is 16.2. The summed E-state index contributed by atoms with van der Waals surface area (Å²) < 4.78 is 5.39. The van der Waals surface area contributed by atoms with Crippen LogP contribution in [-0.4, -0.2) is 42.2 Å². The second-order valence-corrected chi connectivity index (χ2v) is 5.76. The zero-order valence-electron chi connectivity index (χ0n) is 13.5. The number of nitrogens with one attached hydrogen (secondary N) is 2. The number of imidazole rings is 1. The third kappa shape index (κ3) is 3.53. The molecule has 1 aliphatic heterocycles. The maximum absolute atomic E-state index is 12.7. The molecule has 1 fully saturated rings. The Hall–Kier alpha value is -2.34. The number of hydrogen-bond donors (Lipinski definition) is 2. The molecule has 0 aliphatic carbocycles. The molecular weight excluding hydrogens is 292 g/mol. The summed E-state index contributed by atoms with van der Waals surface area (Å²) in [5, 5.41) is 3.01. The molecule has 1 unspecified atom stereocenters. The number of H-pyrrole nitrogens is 1. The van der Waals surface area contributed by atoms with Crippen LogP contribution in [0.3, 0.4) is 0 Å². The lowest BCUT2D eigenvalue weighted by molar-refractivity contribution is 0.0937. The van der Waals surface area contributed by atoms with Crippen LogP contribution in [0.25, 0.3) is 0 Å². The second kappa shape index (κ2) is 6.83. The Bertz CT molecular complexity index is 677. The van der Waals surface area contributed by atoms with E-state index < -0.39 is 0 Å². The lowest BCUT2D eigenvalue weighted by Crippen LogP contribution is -2.38. The number of benzene rings is 1. The van der Waals surface area contributed by atoms with Crippen LogP contribution < -0.4 is 10.2 Å². The number of ether oxygens (including phenoxy) is 1. The predicted molar refractivity (Wildman–Crippen MR) is 88.7 cm³/mol. The molecular formula is C17H22N4O2. The molecule has 0 saturated carbocycles. The van der Waals surface area contributed by atoms with E-state index in [1.807, 2.05) is 38.1 Å². The van der Waals surface area contributed by atoms with Gasteiger partial charge in [0.2, 0.25) is 0 Å². The number of hydrogen-bond acceptors (Lipinski definition) is 4. The number of para-hydroxylation sites is 1. The Morgan fingerprint density at radius 2 is 2.09 bits per heavy atom. The number of amides is 1. The molecule has 1 saturated heterocycles. The number of aromatic nitrogens is 2. The third-order valence-electron chi connectivity index (χ3n) is 3.98. The van der Waals surface area contributed by atoms with Gasteiger partial charge in [-0.3, -0.25) is 4.79 Å².